The predicted molar refractivity (Wildman–Crippen MR) is 186 cm³/mol. The smallest absolute Gasteiger partial charge is 0.187 e. The lowest BCUT2D eigenvalue weighted by Crippen LogP contribution is -2.46. The standard InChI is InChI=1S/C35H25N3P2S2/c1-22-11-13-29-31(15-22)39(41,27-9-5-7-25(19-27)21-36)33-17-24(3)18-34-35(33)38(29)30-14-12-23(2)16-32(30)40(34,42)28-10-6-8-26(20-28)37-4/h5-20H,1-3H3. The van der Waals surface area contributed by atoms with Gasteiger partial charge in [0.2, 0.25) is 0 Å². The molecular weight excluding hydrogens is 588 g/mol. The highest BCUT2D eigenvalue weighted by Crippen LogP contribution is 2.61. The van der Waals surface area contributed by atoms with E-state index < -0.39 is 12.1 Å². The van der Waals surface area contributed by atoms with Crippen molar-refractivity contribution in [1.29, 1.82) is 5.26 Å². The van der Waals surface area contributed by atoms with Crippen molar-refractivity contribution in [2.75, 3.05) is 4.90 Å². The van der Waals surface area contributed by atoms with Crippen LogP contribution in [-0.2, 0) is 23.6 Å². The third-order valence-corrected chi connectivity index (χ3v) is 17.9. The van der Waals surface area contributed by atoms with Crippen molar-refractivity contribution in [2.45, 2.75) is 20.8 Å². The van der Waals surface area contributed by atoms with Crippen molar-refractivity contribution in [1.82, 2.24) is 0 Å². The Balaban J connectivity index is 1.68. The van der Waals surface area contributed by atoms with Crippen LogP contribution in [0.1, 0.15) is 22.3 Å². The first-order valence-corrected chi connectivity index (χ1v) is 19.2. The topological polar surface area (TPSA) is 31.4 Å². The highest BCUT2D eigenvalue weighted by Gasteiger charge is 2.46. The quantitative estimate of drug-likeness (QED) is 0.162. The molecule has 0 amide bonds. The summed E-state index contributed by atoms with van der Waals surface area (Å²) in [5.74, 6) is 0. The minimum Gasteiger partial charge on any atom is -0.308 e. The zero-order valence-corrected chi connectivity index (χ0v) is 26.7. The van der Waals surface area contributed by atoms with Crippen LogP contribution in [0.3, 0.4) is 0 Å². The summed E-state index contributed by atoms with van der Waals surface area (Å²) in [5, 5.41) is 16.3. The number of hydrogen-bond acceptors (Lipinski definition) is 4. The van der Waals surface area contributed by atoms with Gasteiger partial charge in [-0.1, -0.05) is 77.2 Å². The molecule has 7 heteroatoms. The second-order valence-electron chi connectivity index (χ2n) is 11.0. The molecule has 0 bridgehead atoms. The predicted octanol–water partition coefficient (Wildman–Crippen LogP) is 6.64. The van der Waals surface area contributed by atoms with Gasteiger partial charge in [0.15, 0.2) is 5.69 Å². The van der Waals surface area contributed by atoms with Crippen LogP contribution in [0.4, 0.5) is 22.7 Å². The largest absolute Gasteiger partial charge is 0.308 e. The van der Waals surface area contributed by atoms with Gasteiger partial charge in [-0.3, -0.25) is 0 Å². The van der Waals surface area contributed by atoms with Crippen molar-refractivity contribution in [3.05, 3.63) is 131 Å². The molecule has 2 unspecified atom stereocenters. The lowest BCUT2D eigenvalue weighted by molar-refractivity contribution is 1.29. The average molecular weight is 614 g/mol. The minimum atomic E-state index is -2.60. The van der Waals surface area contributed by atoms with Crippen molar-refractivity contribution in [3.8, 4) is 6.07 Å². The molecule has 0 aliphatic carbocycles. The van der Waals surface area contributed by atoms with Crippen molar-refractivity contribution < 1.29 is 0 Å². The Morgan fingerprint density at radius 2 is 1.19 bits per heavy atom. The zero-order valence-electron chi connectivity index (χ0n) is 23.3. The summed E-state index contributed by atoms with van der Waals surface area (Å²) in [4.78, 5) is 6.14. The van der Waals surface area contributed by atoms with E-state index in [0.717, 1.165) is 65.6 Å². The number of anilines is 3. The number of nitrogens with zero attached hydrogens (tertiary/aromatic N) is 3. The molecule has 0 saturated heterocycles. The molecule has 0 aromatic heterocycles. The molecule has 2 atom stereocenters. The summed E-state index contributed by atoms with van der Waals surface area (Å²) >= 11 is 13.8. The Bertz CT molecular complexity index is 2040. The molecule has 2 heterocycles. The number of fused-ring (bicyclic) bond motifs is 4. The number of rotatable bonds is 2. The first-order chi connectivity index (χ1) is 20.2. The number of aryl methyl sites for hydroxylation is 3. The fourth-order valence-corrected chi connectivity index (χ4v) is 15.2. The van der Waals surface area contributed by atoms with Gasteiger partial charge in [0.1, 0.15) is 0 Å². The van der Waals surface area contributed by atoms with Gasteiger partial charge in [0.05, 0.1) is 35.3 Å². The summed E-state index contributed by atoms with van der Waals surface area (Å²) in [5.41, 5.74) is 7.84. The van der Waals surface area contributed by atoms with Crippen LogP contribution in [0.5, 0.6) is 0 Å². The lowest BCUT2D eigenvalue weighted by Gasteiger charge is -2.47. The molecule has 7 rings (SSSR count). The maximum absolute atomic E-state index is 9.82. The summed E-state index contributed by atoms with van der Waals surface area (Å²) in [6, 6.07) is 30.6. The third kappa shape index (κ3) is 3.69. The van der Waals surface area contributed by atoms with Crippen LogP contribution < -0.4 is 36.7 Å². The maximum Gasteiger partial charge on any atom is 0.187 e. The van der Waals surface area contributed by atoms with E-state index in [1.807, 2.05) is 36.4 Å². The molecule has 2 aliphatic heterocycles. The van der Waals surface area contributed by atoms with Crippen molar-refractivity contribution in [2.24, 2.45) is 0 Å². The second-order valence-corrected chi connectivity index (χ2v) is 19.7. The van der Waals surface area contributed by atoms with Gasteiger partial charge in [-0.25, -0.2) is 4.85 Å². The zero-order chi connectivity index (χ0) is 29.4. The third-order valence-electron chi connectivity index (χ3n) is 8.20. The SMILES string of the molecule is [C-]#[N+]c1cccc(P2(=S)c3cc(C)ccc3N3c4ccc(C)cc4P(=S)(c4cccc(C#N)c4)c4cc(C)cc2c43)c1. The van der Waals surface area contributed by atoms with E-state index in [1.54, 1.807) is 0 Å². The van der Waals surface area contributed by atoms with E-state index in [0.29, 0.717) is 11.3 Å². The molecule has 5 aromatic rings. The molecule has 0 spiro atoms. The summed E-state index contributed by atoms with van der Waals surface area (Å²) < 4.78 is 0. The molecule has 0 saturated carbocycles. The molecule has 3 nitrogen and oxygen atoms in total. The Hall–Kier alpha value is -3.82. The second kappa shape index (κ2) is 9.61. The Kier molecular flexibility index (Phi) is 6.18. The number of benzene rings is 5. The first-order valence-electron chi connectivity index (χ1n) is 13.6. The van der Waals surface area contributed by atoms with Gasteiger partial charge in [0.25, 0.3) is 0 Å². The normalized spacial score (nSPS) is 19.6. The first kappa shape index (κ1) is 27.0. The van der Waals surface area contributed by atoms with E-state index in [2.05, 4.69) is 97.2 Å². The van der Waals surface area contributed by atoms with E-state index >= 15 is 0 Å². The molecule has 202 valence electrons. The maximum atomic E-state index is 9.82. The van der Waals surface area contributed by atoms with Gasteiger partial charge in [-0.05, 0) is 91.5 Å². The van der Waals surface area contributed by atoms with Crippen molar-refractivity contribution in [3.63, 3.8) is 0 Å². The van der Waals surface area contributed by atoms with E-state index in [1.165, 1.54) is 0 Å². The van der Waals surface area contributed by atoms with Gasteiger partial charge < -0.3 is 4.90 Å². The highest BCUT2D eigenvalue weighted by atomic mass is 32.4. The summed E-state index contributed by atoms with van der Waals surface area (Å²) in [6.07, 6.45) is 0. The molecule has 0 N–H and O–H groups in total. The monoisotopic (exact) mass is 613 g/mol. The molecule has 2 aliphatic rings. The molecule has 5 aromatic carbocycles. The van der Waals surface area contributed by atoms with Gasteiger partial charge in [0, 0.05) is 33.3 Å². The molecular formula is C35H25N3P2S2. The van der Waals surface area contributed by atoms with Crippen LogP contribution in [0.15, 0.2) is 97.1 Å². The summed E-state index contributed by atoms with van der Waals surface area (Å²) in [7, 11) is 0. The Morgan fingerprint density at radius 3 is 1.74 bits per heavy atom. The minimum absolute atomic E-state index is 0.592. The van der Waals surface area contributed by atoms with Crippen LogP contribution in [0, 0.1) is 38.7 Å². The van der Waals surface area contributed by atoms with Gasteiger partial charge >= 0.3 is 0 Å². The average Bonchev–Trinajstić information content (AvgIpc) is 3.01. The number of nitriles is 1. The van der Waals surface area contributed by atoms with Crippen LogP contribution in [-0.4, -0.2) is 0 Å². The molecule has 0 fully saturated rings. The van der Waals surface area contributed by atoms with E-state index in [4.69, 9.17) is 30.2 Å². The van der Waals surface area contributed by atoms with E-state index in [9.17, 15) is 5.26 Å². The number of hydrogen-bond donors (Lipinski definition) is 0. The fourth-order valence-electron chi connectivity index (χ4n) is 6.32. The van der Waals surface area contributed by atoms with Crippen molar-refractivity contribution >= 4 is 90.3 Å². The van der Waals surface area contributed by atoms with E-state index in [-0.39, 0.29) is 0 Å². The van der Waals surface area contributed by atoms with Crippen LogP contribution in [0.25, 0.3) is 4.85 Å². The molecule has 0 radical (unpaired) electrons. The molecule has 42 heavy (non-hydrogen) atoms. The highest BCUT2D eigenvalue weighted by molar-refractivity contribution is 8.27. The Morgan fingerprint density at radius 1 is 0.667 bits per heavy atom. The van der Waals surface area contributed by atoms with Crippen LogP contribution >= 0.6 is 12.1 Å². The lowest BCUT2D eigenvalue weighted by atomic mass is 10.1. The van der Waals surface area contributed by atoms with Gasteiger partial charge in [-0.15, -0.1) is 0 Å². The van der Waals surface area contributed by atoms with Crippen LogP contribution in [0.2, 0.25) is 0 Å². The fraction of sp³-hybridized carbons (Fsp3) is 0.0857. The summed E-state index contributed by atoms with van der Waals surface area (Å²) in [6.45, 7) is 14.1. The Labute approximate surface area is 256 Å². The van der Waals surface area contributed by atoms with Gasteiger partial charge in [-0.2, -0.15) is 5.26 Å².